The number of hydrogen-bond acceptors (Lipinski definition) is 8. The highest BCUT2D eigenvalue weighted by Crippen LogP contribution is 2.31. The van der Waals surface area contributed by atoms with Crippen LogP contribution in [-0.4, -0.2) is 55.1 Å². The molecule has 0 bridgehead atoms. The van der Waals surface area contributed by atoms with Crippen LogP contribution in [0.3, 0.4) is 0 Å². The molecule has 1 aromatic rings. The molecule has 0 radical (unpaired) electrons. The molecule has 0 spiro atoms. The monoisotopic (exact) mass is 313 g/mol. The number of ketones is 1. The van der Waals surface area contributed by atoms with Gasteiger partial charge in [-0.2, -0.15) is 4.98 Å². The maximum absolute atomic E-state index is 11.8. The van der Waals surface area contributed by atoms with Gasteiger partial charge in [0, 0.05) is 12.1 Å². The van der Waals surface area contributed by atoms with Crippen LogP contribution in [0, 0.1) is 5.92 Å². The summed E-state index contributed by atoms with van der Waals surface area (Å²) in [5.41, 5.74) is 4.60. The smallest absolute Gasteiger partial charge is 0.351 e. The fourth-order valence-electron chi connectivity index (χ4n) is 2.30. The number of nitrogens with two attached hydrogens (primary N) is 1. The second-order valence-electron chi connectivity index (χ2n) is 5.52. The number of rotatable bonds is 4. The van der Waals surface area contributed by atoms with Crippen LogP contribution in [0.2, 0.25) is 0 Å². The number of Topliss-reactive ketones (excluding diaryl/α,β-unsaturated/α-hetero) is 1. The lowest BCUT2D eigenvalue weighted by molar-refractivity contribution is -0.144. The summed E-state index contributed by atoms with van der Waals surface area (Å²) in [6, 6.07) is 1.33. The van der Waals surface area contributed by atoms with Gasteiger partial charge in [-0.3, -0.25) is 9.36 Å². The maximum atomic E-state index is 11.8. The van der Waals surface area contributed by atoms with Crippen molar-refractivity contribution in [2.24, 2.45) is 5.92 Å². The van der Waals surface area contributed by atoms with E-state index in [0.717, 1.165) is 4.57 Å². The number of aromatic nitrogens is 2. The molecule has 1 aliphatic rings. The predicted octanol–water partition coefficient (Wildman–Crippen LogP) is -1.97. The molecular formula is C13H19N3O6. The second kappa shape index (κ2) is 6.13. The van der Waals surface area contributed by atoms with E-state index < -0.39 is 48.0 Å². The third-order valence-electron chi connectivity index (χ3n) is 3.57. The molecule has 1 unspecified atom stereocenters. The van der Waals surface area contributed by atoms with Gasteiger partial charge in [0.05, 0.1) is 0 Å². The number of aliphatic hydroxyl groups is 3. The van der Waals surface area contributed by atoms with Crippen LogP contribution >= 0.6 is 0 Å². The minimum absolute atomic E-state index is 0.000792. The van der Waals surface area contributed by atoms with Crippen molar-refractivity contribution in [3.05, 3.63) is 22.7 Å². The minimum Gasteiger partial charge on any atom is -0.387 e. The van der Waals surface area contributed by atoms with Gasteiger partial charge in [-0.05, 0) is 6.07 Å². The summed E-state index contributed by atoms with van der Waals surface area (Å²) in [5.74, 6) is -0.997. The largest absolute Gasteiger partial charge is 0.387 e. The number of nitrogens with zero attached hydrogens (tertiary/aromatic N) is 2. The average Bonchev–Trinajstić information content (AvgIpc) is 2.74. The Kier molecular flexibility index (Phi) is 4.61. The topological polar surface area (TPSA) is 148 Å². The van der Waals surface area contributed by atoms with E-state index in [0.29, 0.717) is 0 Å². The number of hydrogen-bond donors (Lipinski definition) is 4. The number of ether oxygens (including phenoxy) is 1. The molecule has 0 saturated carbocycles. The van der Waals surface area contributed by atoms with E-state index in [4.69, 9.17) is 10.5 Å². The Hall–Kier alpha value is -1.81. The van der Waals surface area contributed by atoms with Crippen LogP contribution in [0.4, 0.5) is 5.82 Å². The minimum atomic E-state index is -1.60. The van der Waals surface area contributed by atoms with E-state index in [1.165, 1.54) is 12.3 Å². The quantitative estimate of drug-likeness (QED) is 0.500. The summed E-state index contributed by atoms with van der Waals surface area (Å²) in [5, 5.41) is 30.0. The van der Waals surface area contributed by atoms with Gasteiger partial charge in [0.2, 0.25) is 0 Å². The molecule has 2 rings (SSSR count). The highest BCUT2D eigenvalue weighted by molar-refractivity contribution is 5.85. The van der Waals surface area contributed by atoms with Gasteiger partial charge in [0.1, 0.15) is 30.2 Å². The molecule has 1 saturated heterocycles. The van der Waals surface area contributed by atoms with Crippen molar-refractivity contribution in [3.63, 3.8) is 0 Å². The Balaban J connectivity index is 2.27. The number of anilines is 1. The highest BCUT2D eigenvalue weighted by Gasteiger charge is 2.49. The molecule has 0 aliphatic carbocycles. The van der Waals surface area contributed by atoms with E-state index in [1.807, 2.05) is 0 Å². The van der Waals surface area contributed by atoms with Gasteiger partial charge in [0.25, 0.3) is 0 Å². The molecule has 5 atom stereocenters. The van der Waals surface area contributed by atoms with Crippen LogP contribution in [-0.2, 0) is 9.53 Å². The van der Waals surface area contributed by atoms with Gasteiger partial charge in [-0.1, -0.05) is 13.8 Å². The maximum Gasteiger partial charge on any atom is 0.351 e. The van der Waals surface area contributed by atoms with Gasteiger partial charge < -0.3 is 25.8 Å². The van der Waals surface area contributed by atoms with Crippen molar-refractivity contribution in [2.45, 2.75) is 44.5 Å². The molecule has 1 aromatic heterocycles. The highest BCUT2D eigenvalue weighted by atomic mass is 16.6. The average molecular weight is 313 g/mol. The Morgan fingerprint density at radius 3 is 2.59 bits per heavy atom. The van der Waals surface area contributed by atoms with Crippen molar-refractivity contribution in [1.82, 2.24) is 9.55 Å². The first-order chi connectivity index (χ1) is 10.2. The lowest BCUT2D eigenvalue weighted by Gasteiger charge is -2.21. The first-order valence-electron chi connectivity index (χ1n) is 6.82. The first-order valence-corrected chi connectivity index (χ1v) is 6.82. The van der Waals surface area contributed by atoms with Crippen molar-refractivity contribution in [3.8, 4) is 0 Å². The van der Waals surface area contributed by atoms with E-state index in [2.05, 4.69) is 4.98 Å². The molecule has 9 heteroatoms. The van der Waals surface area contributed by atoms with Crippen LogP contribution in [0.5, 0.6) is 0 Å². The molecule has 5 N–H and O–H groups in total. The fraction of sp³-hybridized carbons (Fsp3) is 0.615. The molecule has 22 heavy (non-hydrogen) atoms. The molecule has 1 aliphatic heterocycles. The van der Waals surface area contributed by atoms with Crippen LogP contribution in [0.25, 0.3) is 0 Å². The standard InChI is InChI=1S/C13H19N3O6/c1-5(2)7(17)8(18)11-9(19)10(20)12(22-11)16-4-3-6(14)15-13(16)21/h3-5,8-12,18-20H,1-2H3,(H2,14,15,21)/t8?,9-,10+,11+,12+/m0/s1. The van der Waals surface area contributed by atoms with Gasteiger partial charge in [0.15, 0.2) is 12.0 Å². The molecule has 2 heterocycles. The Morgan fingerprint density at radius 2 is 2.05 bits per heavy atom. The SMILES string of the molecule is CC(C)C(=O)C(O)[C@H]1O[C@@H](n2ccc(N)nc2=O)[C@H](O)[C@@H]1O. The number of carbonyl (C=O) groups excluding carboxylic acids is 1. The second-order valence-corrected chi connectivity index (χ2v) is 5.52. The first kappa shape index (κ1) is 16.6. The zero-order valence-electron chi connectivity index (χ0n) is 12.2. The summed E-state index contributed by atoms with van der Waals surface area (Å²) in [7, 11) is 0. The fourth-order valence-corrected chi connectivity index (χ4v) is 2.30. The third kappa shape index (κ3) is 2.88. The molecule has 9 nitrogen and oxygen atoms in total. The molecule has 1 fully saturated rings. The molecule has 0 aromatic carbocycles. The van der Waals surface area contributed by atoms with E-state index in [1.54, 1.807) is 13.8 Å². The molecule has 122 valence electrons. The van der Waals surface area contributed by atoms with E-state index >= 15 is 0 Å². The summed E-state index contributed by atoms with van der Waals surface area (Å²) in [6.07, 6.45) is -5.97. The Bertz CT molecular complexity index is 616. The van der Waals surface area contributed by atoms with Crippen molar-refractivity contribution >= 4 is 11.6 Å². The van der Waals surface area contributed by atoms with E-state index in [-0.39, 0.29) is 5.82 Å². The van der Waals surface area contributed by atoms with Gasteiger partial charge >= 0.3 is 5.69 Å². The third-order valence-corrected chi connectivity index (χ3v) is 3.57. The van der Waals surface area contributed by atoms with Gasteiger partial charge in [-0.25, -0.2) is 4.79 Å². The summed E-state index contributed by atoms with van der Waals surface area (Å²) >= 11 is 0. The lowest BCUT2D eigenvalue weighted by atomic mass is 9.96. The number of nitrogen functional groups attached to an aromatic ring is 1. The van der Waals surface area contributed by atoms with Gasteiger partial charge in [-0.15, -0.1) is 0 Å². The summed E-state index contributed by atoms with van der Waals surface area (Å²) in [6.45, 7) is 3.18. The lowest BCUT2D eigenvalue weighted by Crippen LogP contribution is -2.44. The van der Waals surface area contributed by atoms with Crippen molar-refractivity contribution in [1.29, 1.82) is 0 Å². The number of aliphatic hydroxyl groups excluding tert-OH is 3. The molecule has 0 amide bonds. The normalized spacial score (nSPS) is 29.7. The summed E-state index contributed by atoms with van der Waals surface area (Å²) in [4.78, 5) is 27.1. The number of carbonyl (C=O) groups is 1. The Labute approximate surface area is 126 Å². The van der Waals surface area contributed by atoms with Crippen LogP contribution < -0.4 is 11.4 Å². The molecular weight excluding hydrogens is 294 g/mol. The van der Waals surface area contributed by atoms with Crippen molar-refractivity contribution in [2.75, 3.05) is 5.73 Å². The Morgan fingerprint density at radius 1 is 1.41 bits per heavy atom. The van der Waals surface area contributed by atoms with Crippen molar-refractivity contribution < 1.29 is 24.9 Å². The van der Waals surface area contributed by atoms with Crippen LogP contribution in [0.1, 0.15) is 20.1 Å². The van der Waals surface area contributed by atoms with E-state index in [9.17, 15) is 24.9 Å². The summed E-state index contributed by atoms with van der Waals surface area (Å²) < 4.78 is 6.28. The zero-order chi connectivity index (χ0) is 16.6. The van der Waals surface area contributed by atoms with Crippen LogP contribution in [0.15, 0.2) is 17.1 Å². The predicted molar refractivity (Wildman–Crippen MR) is 74.7 cm³/mol. The zero-order valence-corrected chi connectivity index (χ0v) is 12.2.